The highest BCUT2D eigenvalue weighted by atomic mass is 35.5. The van der Waals surface area contributed by atoms with Gasteiger partial charge in [-0.2, -0.15) is 0 Å². The summed E-state index contributed by atoms with van der Waals surface area (Å²) < 4.78 is 5.54. The van der Waals surface area contributed by atoms with Crippen LogP contribution in [0.2, 0.25) is 0 Å². The van der Waals surface area contributed by atoms with E-state index in [1.165, 1.54) is 18.4 Å². The van der Waals surface area contributed by atoms with Gasteiger partial charge in [0.2, 0.25) is 5.91 Å². The summed E-state index contributed by atoms with van der Waals surface area (Å²) in [5.74, 6) is 0.156. The number of hydrogen-bond donors (Lipinski definition) is 1. The Morgan fingerprint density at radius 2 is 1.78 bits per heavy atom. The van der Waals surface area contributed by atoms with E-state index in [1.54, 1.807) is 0 Å². The maximum Gasteiger partial charge on any atom is 0.234 e. The van der Waals surface area contributed by atoms with Crippen LogP contribution >= 0.6 is 0 Å². The van der Waals surface area contributed by atoms with E-state index in [1.807, 2.05) is 6.07 Å². The minimum absolute atomic E-state index is 0. The number of amides is 1. The van der Waals surface area contributed by atoms with Gasteiger partial charge in [-0.1, -0.05) is 30.3 Å². The number of carbonyl (C=O) groups is 1. The molecule has 0 radical (unpaired) electrons. The maximum absolute atomic E-state index is 12.2. The molecule has 0 aliphatic carbocycles. The summed E-state index contributed by atoms with van der Waals surface area (Å²) in [6.45, 7) is 4.93. The van der Waals surface area contributed by atoms with Crippen molar-refractivity contribution in [3.63, 3.8) is 0 Å². The second-order valence-corrected chi connectivity index (χ2v) is 6.52. The molecule has 2 fully saturated rings. The Hall–Kier alpha value is -1.10. The lowest BCUT2D eigenvalue weighted by molar-refractivity contribution is -0.122. The van der Waals surface area contributed by atoms with Gasteiger partial charge in [-0.3, -0.25) is 9.69 Å². The molecular weight excluding hydrogens is 312 g/mol. The molecule has 5 heteroatoms. The number of ether oxygens (including phenoxy) is 1. The number of rotatable bonds is 5. The maximum atomic E-state index is 12.2. The molecule has 0 saturated carbocycles. The van der Waals surface area contributed by atoms with Crippen molar-refractivity contribution < 1.29 is 21.9 Å². The second-order valence-electron chi connectivity index (χ2n) is 6.52. The summed E-state index contributed by atoms with van der Waals surface area (Å²) in [7, 11) is 0. The van der Waals surface area contributed by atoms with Crippen LogP contribution < -0.4 is 17.7 Å². The number of benzene rings is 1. The largest absolute Gasteiger partial charge is 1.00 e. The van der Waals surface area contributed by atoms with Crippen molar-refractivity contribution in [3.8, 4) is 0 Å². The molecule has 0 bridgehead atoms. The van der Waals surface area contributed by atoms with E-state index in [9.17, 15) is 4.79 Å². The van der Waals surface area contributed by atoms with Crippen molar-refractivity contribution in [1.29, 1.82) is 0 Å². The zero-order valence-electron chi connectivity index (χ0n) is 13.6. The van der Waals surface area contributed by atoms with Gasteiger partial charge < -0.3 is 22.5 Å². The Morgan fingerprint density at radius 3 is 2.43 bits per heavy atom. The topological polar surface area (TPSA) is 41.6 Å². The molecule has 0 unspecified atom stereocenters. The average molecular weight is 338 g/mol. The van der Waals surface area contributed by atoms with Gasteiger partial charge in [0.25, 0.3) is 0 Å². The van der Waals surface area contributed by atoms with Crippen molar-refractivity contribution >= 4 is 5.91 Å². The molecule has 0 spiro atoms. The number of likely N-dealkylation sites (tertiary alicyclic amines) is 1. The minimum Gasteiger partial charge on any atom is -1.00 e. The molecule has 1 N–H and O–H groups in total. The van der Waals surface area contributed by atoms with Crippen LogP contribution in [0.1, 0.15) is 31.2 Å². The lowest BCUT2D eigenvalue weighted by Gasteiger charge is -2.38. The fourth-order valence-electron chi connectivity index (χ4n) is 3.59. The summed E-state index contributed by atoms with van der Waals surface area (Å²) >= 11 is 0. The standard InChI is InChI=1S/C18H26N2O2.ClH/c21-17(14-20-10-4-5-11-20)19-15-18(8-12-22-13-9-18)16-6-2-1-3-7-16;/h1-3,6-7H,4-5,8-15H2,(H,19,21);1H/p-1. The molecule has 1 aromatic rings. The molecule has 2 saturated heterocycles. The number of nitrogens with zero attached hydrogens (tertiary/aromatic N) is 1. The first-order chi connectivity index (χ1) is 10.8. The smallest absolute Gasteiger partial charge is 0.234 e. The zero-order chi connectivity index (χ0) is 15.3. The number of nitrogens with one attached hydrogen (secondary N) is 1. The lowest BCUT2D eigenvalue weighted by atomic mass is 9.74. The van der Waals surface area contributed by atoms with Gasteiger partial charge in [-0.15, -0.1) is 0 Å². The number of hydrogen-bond acceptors (Lipinski definition) is 3. The number of carbonyl (C=O) groups excluding carboxylic acids is 1. The zero-order valence-corrected chi connectivity index (χ0v) is 14.4. The molecule has 2 heterocycles. The molecule has 1 aromatic carbocycles. The average Bonchev–Trinajstić information content (AvgIpc) is 3.08. The van der Waals surface area contributed by atoms with Crippen LogP contribution in [0.5, 0.6) is 0 Å². The minimum atomic E-state index is 0. The van der Waals surface area contributed by atoms with Crippen LogP contribution in [0.3, 0.4) is 0 Å². The summed E-state index contributed by atoms with van der Waals surface area (Å²) in [5, 5.41) is 3.18. The Bertz CT molecular complexity index is 483. The first-order valence-corrected chi connectivity index (χ1v) is 8.41. The monoisotopic (exact) mass is 337 g/mol. The van der Waals surface area contributed by atoms with Gasteiger partial charge in [0, 0.05) is 25.2 Å². The van der Waals surface area contributed by atoms with Crippen molar-refractivity contribution in [2.75, 3.05) is 39.4 Å². The van der Waals surface area contributed by atoms with Gasteiger partial charge in [0.15, 0.2) is 0 Å². The van der Waals surface area contributed by atoms with E-state index in [-0.39, 0.29) is 23.7 Å². The summed E-state index contributed by atoms with van der Waals surface area (Å²) in [4.78, 5) is 14.5. The first-order valence-electron chi connectivity index (χ1n) is 8.41. The molecule has 3 rings (SSSR count). The van der Waals surface area contributed by atoms with Crippen LogP contribution in [0, 0.1) is 0 Å². The van der Waals surface area contributed by atoms with Crippen LogP contribution in [-0.2, 0) is 14.9 Å². The van der Waals surface area contributed by atoms with E-state index in [2.05, 4.69) is 34.5 Å². The van der Waals surface area contributed by atoms with Crippen LogP contribution in [0.15, 0.2) is 30.3 Å². The highest BCUT2D eigenvalue weighted by Crippen LogP contribution is 2.34. The molecule has 23 heavy (non-hydrogen) atoms. The highest BCUT2D eigenvalue weighted by molar-refractivity contribution is 5.78. The SMILES string of the molecule is O=C(CN1CCCC1)NCC1(c2ccccc2)CCOCC1.[Cl-]. The third-order valence-electron chi connectivity index (χ3n) is 5.03. The quantitative estimate of drug-likeness (QED) is 0.745. The van der Waals surface area contributed by atoms with E-state index in [0.717, 1.165) is 39.1 Å². The van der Waals surface area contributed by atoms with E-state index in [0.29, 0.717) is 13.1 Å². The molecule has 0 atom stereocenters. The van der Waals surface area contributed by atoms with Crippen LogP contribution in [-0.4, -0.2) is 50.2 Å². The van der Waals surface area contributed by atoms with Gasteiger partial charge in [0.05, 0.1) is 6.54 Å². The summed E-state index contributed by atoms with van der Waals surface area (Å²) in [5.41, 5.74) is 1.35. The fourth-order valence-corrected chi connectivity index (χ4v) is 3.59. The van der Waals surface area contributed by atoms with Gasteiger partial charge in [-0.25, -0.2) is 0 Å². The van der Waals surface area contributed by atoms with E-state index in [4.69, 9.17) is 4.74 Å². The van der Waals surface area contributed by atoms with E-state index < -0.39 is 0 Å². The van der Waals surface area contributed by atoms with Crippen molar-refractivity contribution in [2.45, 2.75) is 31.1 Å². The van der Waals surface area contributed by atoms with Crippen LogP contribution in [0.25, 0.3) is 0 Å². The Labute approximate surface area is 145 Å². The Balaban J connectivity index is 0.00000192. The van der Waals surface area contributed by atoms with Crippen LogP contribution in [0.4, 0.5) is 0 Å². The lowest BCUT2D eigenvalue weighted by Crippen LogP contribution is -3.00. The Kier molecular flexibility index (Phi) is 6.88. The predicted octanol–water partition coefficient (Wildman–Crippen LogP) is -1.05. The van der Waals surface area contributed by atoms with E-state index >= 15 is 0 Å². The predicted molar refractivity (Wildman–Crippen MR) is 86.9 cm³/mol. The normalized spacial score (nSPS) is 20.7. The fraction of sp³-hybridized carbons (Fsp3) is 0.611. The molecule has 128 valence electrons. The molecule has 1 amide bonds. The van der Waals surface area contributed by atoms with Crippen molar-refractivity contribution in [1.82, 2.24) is 10.2 Å². The van der Waals surface area contributed by atoms with Gasteiger partial charge in [0.1, 0.15) is 0 Å². The first kappa shape index (κ1) is 18.2. The highest BCUT2D eigenvalue weighted by Gasteiger charge is 2.34. The molecular formula is C18H26ClN2O2-. The molecule has 2 aliphatic heterocycles. The third-order valence-corrected chi connectivity index (χ3v) is 5.03. The van der Waals surface area contributed by atoms with Crippen molar-refractivity contribution in [2.24, 2.45) is 0 Å². The van der Waals surface area contributed by atoms with Gasteiger partial charge >= 0.3 is 0 Å². The molecule has 0 aromatic heterocycles. The Morgan fingerprint density at radius 1 is 1.13 bits per heavy atom. The molecule has 2 aliphatic rings. The summed E-state index contributed by atoms with van der Waals surface area (Å²) in [6.07, 6.45) is 4.39. The molecule has 4 nitrogen and oxygen atoms in total. The van der Waals surface area contributed by atoms with Crippen molar-refractivity contribution in [3.05, 3.63) is 35.9 Å². The number of halogens is 1. The van der Waals surface area contributed by atoms with Gasteiger partial charge in [-0.05, 0) is 44.3 Å². The second kappa shape index (κ2) is 8.67. The summed E-state index contributed by atoms with van der Waals surface area (Å²) in [6, 6.07) is 10.6. The third kappa shape index (κ3) is 4.69.